The van der Waals surface area contributed by atoms with E-state index in [1.807, 2.05) is 23.6 Å². The summed E-state index contributed by atoms with van der Waals surface area (Å²) in [4.78, 5) is 17.1. The largest absolute Gasteiger partial charge is 0.360 e. The molecule has 23 heavy (non-hydrogen) atoms. The van der Waals surface area contributed by atoms with E-state index in [9.17, 15) is 4.79 Å². The fourth-order valence-electron chi connectivity index (χ4n) is 2.19. The van der Waals surface area contributed by atoms with Crippen molar-refractivity contribution < 1.29 is 13.8 Å². The highest BCUT2D eigenvalue weighted by Gasteiger charge is 2.28. The number of nitrogens with zero attached hydrogens (tertiary/aromatic N) is 3. The van der Waals surface area contributed by atoms with Crippen LogP contribution < -0.4 is 5.32 Å². The molecule has 1 saturated carbocycles. The summed E-state index contributed by atoms with van der Waals surface area (Å²) in [7, 11) is 0. The van der Waals surface area contributed by atoms with Gasteiger partial charge in [0.15, 0.2) is 5.69 Å². The summed E-state index contributed by atoms with van der Waals surface area (Å²) in [5, 5.41) is 12.5. The zero-order valence-electron chi connectivity index (χ0n) is 12.2. The molecule has 3 aromatic rings. The van der Waals surface area contributed by atoms with Gasteiger partial charge in [-0.15, -0.1) is 11.3 Å². The van der Waals surface area contributed by atoms with Crippen LogP contribution in [0.2, 0.25) is 0 Å². The lowest BCUT2D eigenvalue weighted by molar-refractivity contribution is -0.120. The van der Waals surface area contributed by atoms with Crippen LogP contribution in [0.1, 0.15) is 35.3 Å². The Labute approximate surface area is 135 Å². The second kappa shape index (κ2) is 5.96. The summed E-state index contributed by atoms with van der Waals surface area (Å²) in [5.74, 6) is 2.00. The molecule has 7 nitrogen and oxygen atoms in total. The summed E-state index contributed by atoms with van der Waals surface area (Å²) < 4.78 is 10.4. The third kappa shape index (κ3) is 3.31. The quantitative estimate of drug-likeness (QED) is 0.746. The maximum atomic E-state index is 11.8. The van der Waals surface area contributed by atoms with Crippen LogP contribution in [0.3, 0.4) is 0 Å². The molecule has 0 aromatic carbocycles. The van der Waals surface area contributed by atoms with Gasteiger partial charge in [-0.1, -0.05) is 16.4 Å². The van der Waals surface area contributed by atoms with Crippen molar-refractivity contribution in [2.45, 2.75) is 31.7 Å². The van der Waals surface area contributed by atoms with Crippen LogP contribution in [-0.4, -0.2) is 21.2 Å². The highest BCUT2D eigenvalue weighted by atomic mass is 32.1. The summed E-state index contributed by atoms with van der Waals surface area (Å²) in [6, 6.07) is 5.70. The smallest absolute Gasteiger partial charge is 0.246 e. The molecule has 8 heteroatoms. The average molecular weight is 330 g/mol. The average Bonchev–Trinajstić information content (AvgIpc) is 3.00. The molecule has 0 saturated heterocycles. The van der Waals surface area contributed by atoms with Gasteiger partial charge in [-0.25, -0.2) is 0 Å². The molecule has 3 heterocycles. The molecular weight excluding hydrogens is 316 g/mol. The number of amides is 1. The van der Waals surface area contributed by atoms with Crippen LogP contribution in [0.25, 0.3) is 11.5 Å². The third-order valence-electron chi connectivity index (χ3n) is 3.56. The predicted molar refractivity (Wildman–Crippen MR) is 81.6 cm³/mol. The van der Waals surface area contributed by atoms with Crippen LogP contribution in [0.15, 0.2) is 32.6 Å². The van der Waals surface area contributed by atoms with Gasteiger partial charge in [0.25, 0.3) is 0 Å². The second-order valence-corrected chi connectivity index (χ2v) is 6.47. The van der Waals surface area contributed by atoms with E-state index in [0.717, 1.165) is 23.5 Å². The Hall–Kier alpha value is -2.48. The summed E-state index contributed by atoms with van der Waals surface area (Å²) in [6.07, 6.45) is 2.64. The number of nitrogens with one attached hydrogen (secondary N) is 1. The molecule has 3 aromatic heterocycles. The molecule has 118 valence electrons. The fraction of sp³-hybridized carbons (Fsp3) is 0.333. The highest BCUT2D eigenvalue weighted by Crippen LogP contribution is 2.40. The summed E-state index contributed by atoms with van der Waals surface area (Å²) >= 11 is 1.55. The van der Waals surface area contributed by atoms with E-state index < -0.39 is 0 Å². The first-order chi connectivity index (χ1) is 11.3. The molecule has 1 aliphatic carbocycles. The normalized spacial score (nSPS) is 14.1. The molecule has 0 unspecified atom stereocenters. The van der Waals surface area contributed by atoms with E-state index in [4.69, 9.17) is 9.05 Å². The Balaban J connectivity index is 1.34. The van der Waals surface area contributed by atoms with Gasteiger partial charge in [0, 0.05) is 16.9 Å². The van der Waals surface area contributed by atoms with E-state index in [0.29, 0.717) is 29.7 Å². The first-order valence-electron chi connectivity index (χ1n) is 7.36. The monoisotopic (exact) mass is 330 g/mol. The summed E-state index contributed by atoms with van der Waals surface area (Å²) in [5.41, 5.74) is 0.562. The van der Waals surface area contributed by atoms with Crippen molar-refractivity contribution in [1.82, 2.24) is 20.6 Å². The third-order valence-corrected chi connectivity index (χ3v) is 4.43. The first-order valence-corrected chi connectivity index (χ1v) is 8.24. The van der Waals surface area contributed by atoms with E-state index in [1.54, 1.807) is 11.3 Å². The van der Waals surface area contributed by atoms with Gasteiger partial charge < -0.3 is 14.4 Å². The van der Waals surface area contributed by atoms with E-state index >= 15 is 0 Å². The van der Waals surface area contributed by atoms with Gasteiger partial charge in [-0.05, 0) is 24.3 Å². The molecule has 4 rings (SSSR count). The van der Waals surface area contributed by atoms with Crippen LogP contribution in [-0.2, 0) is 17.8 Å². The first kappa shape index (κ1) is 14.1. The van der Waals surface area contributed by atoms with Gasteiger partial charge in [0.05, 0.1) is 13.0 Å². The maximum absolute atomic E-state index is 11.8. The molecule has 0 aliphatic heterocycles. The van der Waals surface area contributed by atoms with Crippen molar-refractivity contribution in [1.29, 1.82) is 0 Å². The molecule has 0 spiro atoms. The molecule has 1 fully saturated rings. The SMILES string of the molecule is O=C(Cc1cccs1)NCc1nc(-c2cc(C3CC3)on2)no1. The minimum Gasteiger partial charge on any atom is -0.360 e. The Morgan fingerprint density at radius 1 is 1.35 bits per heavy atom. The van der Waals surface area contributed by atoms with Gasteiger partial charge in [-0.3, -0.25) is 4.79 Å². The lowest BCUT2D eigenvalue weighted by Crippen LogP contribution is -2.24. The van der Waals surface area contributed by atoms with Gasteiger partial charge in [-0.2, -0.15) is 4.98 Å². The van der Waals surface area contributed by atoms with E-state index in [1.165, 1.54) is 0 Å². The van der Waals surface area contributed by atoms with Crippen molar-refractivity contribution in [3.8, 4) is 11.5 Å². The minimum absolute atomic E-state index is 0.0790. The molecule has 0 radical (unpaired) electrons. The summed E-state index contributed by atoms with van der Waals surface area (Å²) in [6.45, 7) is 0.199. The van der Waals surface area contributed by atoms with Gasteiger partial charge >= 0.3 is 0 Å². The van der Waals surface area contributed by atoms with Crippen LogP contribution >= 0.6 is 11.3 Å². The Morgan fingerprint density at radius 2 is 2.26 bits per heavy atom. The molecule has 1 N–H and O–H groups in total. The zero-order chi connectivity index (χ0) is 15.6. The van der Waals surface area contributed by atoms with Crippen molar-refractivity contribution >= 4 is 17.2 Å². The van der Waals surface area contributed by atoms with Crippen LogP contribution in [0.4, 0.5) is 0 Å². The molecular formula is C15H14N4O3S. The van der Waals surface area contributed by atoms with Crippen molar-refractivity contribution in [3.63, 3.8) is 0 Å². The van der Waals surface area contributed by atoms with Crippen LogP contribution in [0, 0.1) is 0 Å². The van der Waals surface area contributed by atoms with E-state index in [-0.39, 0.29) is 12.5 Å². The predicted octanol–water partition coefficient (Wildman–Crippen LogP) is 2.52. The lowest BCUT2D eigenvalue weighted by atomic mass is 10.3. The molecule has 0 bridgehead atoms. The zero-order valence-corrected chi connectivity index (χ0v) is 13.0. The number of aromatic nitrogens is 3. The number of hydrogen-bond acceptors (Lipinski definition) is 7. The number of thiophene rings is 1. The van der Waals surface area contributed by atoms with Crippen molar-refractivity contribution in [3.05, 3.63) is 40.1 Å². The fourth-order valence-corrected chi connectivity index (χ4v) is 2.90. The van der Waals surface area contributed by atoms with Crippen LogP contribution in [0.5, 0.6) is 0 Å². The number of carbonyl (C=O) groups excluding carboxylic acids is 1. The van der Waals surface area contributed by atoms with Crippen molar-refractivity contribution in [2.75, 3.05) is 0 Å². The number of carbonyl (C=O) groups is 1. The number of rotatable bonds is 6. The highest BCUT2D eigenvalue weighted by molar-refractivity contribution is 7.10. The Kier molecular flexibility index (Phi) is 3.66. The molecule has 1 amide bonds. The van der Waals surface area contributed by atoms with Gasteiger partial charge in [0.2, 0.25) is 17.6 Å². The van der Waals surface area contributed by atoms with Crippen molar-refractivity contribution in [2.24, 2.45) is 0 Å². The van der Waals surface area contributed by atoms with Gasteiger partial charge in [0.1, 0.15) is 5.76 Å². The standard InChI is InChI=1S/C15H14N4O3S/c20-13(6-10-2-1-5-23-10)16-8-14-17-15(19-22-14)11-7-12(21-18-11)9-3-4-9/h1-2,5,7,9H,3-4,6,8H2,(H,16,20). The number of hydrogen-bond donors (Lipinski definition) is 1. The second-order valence-electron chi connectivity index (χ2n) is 5.43. The molecule has 1 aliphatic rings. The maximum Gasteiger partial charge on any atom is 0.246 e. The van der Waals surface area contributed by atoms with E-state index in [2.05, 4.69) is 20.6 Å². The minimum atomic E-state index is -0.0790. The lowest BCUT2D eigenvalue weighted by Gasteiger charge is -1.99. The topological polar surface area (TPSA) is 94.1 Å². The Bertz CT molecular complexity index is 804. The Morgan fingerprint density at radius 3 is 3.04 bits per heavy atom. The molecule has 0 atom stereocenters.